The Bertz CT molecular complexity index is 3940. The average molecular weight is 831 g/mol. The number of hydrogen-bond donors (Lipinski definition) is 0. The Hall–Kier alpha value is -8.47. The summed E-state index contributed by atoms with van der Waals surface area (Å²) in [6.45, 7) is 4.41. The standard InChI is InChI=1S/C61H42N4/c1-39-26-29-45(65-60-25-12-7-20-51(60)54-38-46(30-31-61(54)65)64-58-23-10-5-18-49(58)50-19-6-11-24-59(50)64)36-52(39)41-14-13-15-43(34-41)55-35-42(32-33-62-55)53-37-44(28-27-40(53)2)63-56-21-8-3-16-47(56)48-17-4-9-22-57(48)63/h3-38H,1-2H3. The zero-order chi connectivity index (χ0) is 43.2. The zero-order valence-electron chi connectivity index (χ0n) is 36.1. The van der Waals surface area contributed by atoms with Crippen LogP contribution in [0, 0.1) is 13.8 Å². The summed E-state index contributed by atoms with van der Waals surface area (Å²) in [7, 11) is 0. The van der Waals surface area contributed by atoms with Gasteiger partial charge >= 0.3 is 0 Å². The van der Waals surface area contributed by atoms with E-state index in [2.05, 4.69) is 240 Å². The van der Waals surface area contributed by atoms with Crippen LogP contribution in [-0.4, -0.2) is 18.7 Å². The van der Waals surface area contributed by atoms with Gasteiger partial charge in [0, 0.05) is 61.1 Å². The Morgan fingerprint density at radius 3 is 1.17 bits per heavy atom. The van der Waals surface area contributed by atoms with Crippen LogP contribution in [0.25, 0.3) is 116 Å². The second-order valence-corrected chi connectivity index (χ2v) is 17.3. The van der Waals surface area contributed by atoms with E-state index in [9.17, 15) is 0 Å². The molecule has 4 aromatic heterocycles. The minimum atomic E-state index is 0.946. The Morgan fingerprint density at radius 1 is 0.292 bits per heavy atom. The van der Waals surface area contributed by atoms with Crippen LogP contribution in [0.3, 0.4) is 0 Å². The molecule has 0 amide bonds. The van der Waals surface area contributed by atoms with Gasteiger partial charge in [0.2, 0.25) is 0 Å². The summed E-state index contributed by atoms with van der Waals surface area (Å²) in [4.78, 5) is 4.95. The Morgan fingerprint density at radius 2 is 0.677 bits per heavy atom. The smallest absolute Gasteiger partial charge is 0.0708 e. The number of rotatable bonds is 6. The number of para-hydroxylation sites is 5. The molecule has 0 bridgehead atoms. The lowest BCUT2D eigenvalue weighted by atomic mass is 9.95. The van der Waals surface area contributed by atoms with E-state index in [-0.39, 0.29) is 0 Å². The molecule has 4 heteroatoms. The molecule has 0 N–H and O–H groups in total. The molecule has 0 radical (unpaired) electrons. The molecule has 4 nitrogen and oxygen atoms in total. The summed E-state index contributed by atoms with van der Waals surface area (Å²) in [6, 6.07) is 77.5. The van der Waals surface area contributed by atoms with E-state index in [1.165, 1.54) is 87.7 Å². The van der Waals surface area contributed by atoms with E-state index in [0.29, 0.717) is 0 Å². The maximum absolute atomic E-state index is 4.95. The van der Waals surface area contributed by atoms with Crippen LogP contribution in [0.5, 0.6) is 0 Å². The Kier molecular flexibility index (Phi) is 8.31. The highest BCUT2D eigenvalue weighted by Gasteiger charge is 2.18. The second-order valence-electron chi connectivity index (χ2n) is 17.3. The van der Waals surface area contributed by atoms with Crippen molar-refractivity contribution in [1.82, 2.24) is 18.7 Å². The molecule has 13 rings (SSSR count). The first-order valence-corrected chi connectivity index (χ1v) is 22.4. The van der Waals surface area contributed by atoms with Gasteiger partial charge in [0.1, 0.15) is 0 Å². The van der Waals surface area contributed by atoms with Gasteiger partial charge in [0.15, 0.2) is 0 Å². The SMILES string of the molecule is Cc1ccc(-n2c3ccccc3c3ccccc32)cc1-c1ccnc(-c2cccc(-c3cc(-n4c5ccccc5c5cc(-n6c7ccccc7c7ccccc76)ccc54)ccc3C)c2)c1. The number of hydrogen-bond acceptors (Lipinski definition) is 1. The first kappa shape index (κ1) is 37.1. The molecular formula is C61H42N4. The zero-order valence-corrected chi connectivity index (χ0v) is 36.1. The minimum absolute atomic E-state index is 0.946. The van der Waals surface area contributed by atoms with Crippen LogP contribution >= 0.6 is 0 Å². The number of fused-ring (bicyclic) bond motifs is 9. The summed E-state index contributed by atoms with van der Waals surface area (Å²) in [6.07, 6.45) is 1.95. The Labute approximate surface area is 376 Å². The molecule has 65 heavy (non-hydrogen) atoms. The van der Waals surface area contributed by atoms with Gasteiger partial charge in [-0.1, -0.05) is 121 Å². The highest BCUT2D eigenvalue weighted by atomic mass is 15.0. The van der Waals surface area contributed by atoms with Crippen molar-refractivity contribution >= 4 is 65.4 Å². The molecular weight excluding hydrogens is 789 g/mol. The largest absolute Gasteiger partial charge is 0.309 e. The maximum Gasteiger partial charge on any atom is 0.0708 e. The van der Waals surface area contributed by atoms with Crippen LogP contribution in [0.2, 0.25) is 0 Å². The van der Waals surface area contributed by atoms with Crippen molar-refractivity contribution in [3.8, 4) is 50.6 Å². The van der Waals surface area contributed by atoms with E-state index in [1.54, 1.807) is 0 Å². The fraction of sp³-hybridized carbons (Fsp3) is 0.0328. The lowest BCUT2D eigenvalue weighted by Crippen LogP contribution is -1.97. The number of aryl methyl sites for hydroxylation is 2. The molecule has 0 saturated heterocycles. The number of nitrogens with zero attached hydrogens (tertiary/aromatic N) is 4. The molecule has 4 heterocycles. The predicted molar refractivity (Wildman–Crippen MR) is 273 cm³/mol. The summed E-state index contributed by atoms with van der Waals surface area (Å²) >= 11 is 0. The van der Waals surface area contributed by atoms with Crippen molar-refractivity contribution in [2.24, 2.45) is 0 Å². The van der Waals surface area contributed by atoms with Gasteiger partial charge in [-0.2, -0.15) is 0 Å². The van der Waals surface area contributed by atoms with Crippen LogP contribution < -0.4 is 0 Å². The molecule has 0 fully saturated rings. The van der Waals surface area contributed by atoms with Crippen molar-refractivity contribution in [1.29, 1.82) is 0 Å². The van der Waals surface area contributed by atoms with Crippen molar-refractivity contribution in [3.63, 3.8) is 0 Å². The van der Waals surface area contributed by atoms with Crippen LogP contribution in [-0.2, 0) is 0 Å². The third kappa shape index (κ3) is 5.81. The van der Waals surface area contributed by atoms with Crippen molar-refractivity contribution in [2.45, 2.75) is 13.8 Å². The van der Waals surface area contributed by atoms with Crippen LogP contribution in [0.1, 0.15) is 11.1 Å². The molecule has 0 aliphatic rings. The highest BCUT2D eigenvalue weighted by molar-refractivity contribution is 6.13. The molecule has 0 atom stereocenters. The van der Waals surface area contributed by atoms with Gasteiger partial charge in [-0.15, -0.1) is 0 Å². The normalized spacial score (nSPS) is 11.8. The first-order valence-electron chi connectivity index (χ1n) is 22.4. The minimum Gasteiger partial charge on any atom is -0.309 e. The number of aromatic nitrogens is 4. The topological polar surface area (TPSA) is 27.7 Å². The van der Waals surface area contributed by atoms with Gasteiger partial charge in [-0.05, 0) is 138 Å². The molecule has 306 valence electrons. The molecule has 0 aliphatic heterocycles. The summed E-state index contributed by atoms with van der Waals surface area (Å²) in [5.41, 5.74) is 19.8. The van der Waals surface area contributed by atoms with Gasteiger partial charge in [0.25, 0.3) is 0 Å². The van der Waals surface area contributed by atoms with Gasteiger partial charge in [0.05, 0.1) is 38.8 Å². The molecule has 0 aliphatic carbocycles. The average Bonchev–Trinajstić information content (AvgIpc) is 4.00. The van der Waals surface area contributed by atoms with E-state index < -0.39 is 0 Å². The lowest BCUT2D eigenvalue weighted by molar-refractivity contribution is 1.16. The fourth-order valence-electron chi connectivity index (χ4n) is 10.5. The number of benzene rings is 9. The van der Waals surface area contributed by atoms with Crippen molar-refractivity contribution in [2.75, 3.05) is 0 Å². The molecule has 0 unspecified atom stereocenters. The second kappa shape index (κ2) is 14.5. The summed E-state index contributed by atoms with van der Waals surface area (Å²) < 4.78 is 7.22. The highest BCUT2D eigenvalue weighted by Crippen LogP contribution is 2.40. The molecule has 0 spiro atoms. The third-order valence-corrected chi connectivity index (χ3v) is 13.6. The van der Waals surface area contributed by atoms with E-state index in [0.717, 1.165) is 39.4 Å². The van der Waals surface area contributed by atoms with E-state index >= 15 is 0 Å². The summed E-state index contributed by atoms with van der Waals surface area (Å²) in [5.74, 6) is 0. The van der Waals surface area contributed by atoms with Crippen molar-refractivity contribution < 1.29 is 0 Å². The number of pyridine rings is 1. The summed E-state index contributed by atoms with van der Waals surface area (Å²) in [5, 5.41) is 7.51. The van der Waals surface area contributed by atoms with E-state index in [4.69, 9.17) is 4.98 Å². The Balaban J connectivity index is 0.890. The quantitative estimate of drug-likeness (QED) is 0.164. The third-order valence-electron chi connectivity index (χ3n) is 13.6. The van der Waals surface area contributed by atoms with Gasteiger partial charge < -0.3 is 13.7 Å². The first-order chi connectivity index (χ1) is 32.1. The van der Waals surface area contributed by atoms with Crippen LogP contribution in [0.15, 0.2) is 219 Å². The fourth-order valence-corrected chi connectivity index (χ4v) is 10.5. The van der Waals surface area contributed by atoms with Crippen molar-refractivity contribution in [3.05, 3.63) is 230 Å². The predicted octanol–water partition coefficient (Wildman–Crippen LogP) is 16.0. The van der Waals surface area contributed by atoms with Gasteiger partial charge in [-0.25, -0.2) is 0 Å². The van der Waals surface area contributed by atoms with Crippen LogP contribution in [0.4, 0.5) is 0 Å². The lowest BCUT2D eigenvalue weighted by Gasteiger charge is -2.15. The van der Waals surface area contributed by atoms with Gasteiger partial charge in [-0.3, -0.25) is 4.98 Å². The molecule has 0 saturated carbocycles. The monoisotopic (exact) mass is 830 g/mol. The molecule has 9 aromatic carbocycles. The molecule has 13 aromatic rings. The van der Waals surface area contributed by atoms with E-state index in [1.807, 2.05) is 6.20 Å². The maximum atomic E-state index is 4.95.